The molecule has 0 fully saturated rings. The molecule has 3 aromatic carbocycles. The van der Waals surface area contributed by atoms with Crippen LogP contribution in [0.1, 0.15) is 17.5 Å². The largest absolute Gasteiger partial charge is 0.497 e. The topological polar surface area (TPSA) is 44.9 Å². The van der Waals surface area contributed by atoms with Gasteiger partial charge in [-0.2, -0.15) is 4.90 Å². The Kier molecular flexibility index (Phi) is 4.48. The van der Waals surface area contributed by atoms with Crippen LogP contribution in [0.5, 0.6) is 11.5 Å². The fourth-order valence-electron chi connectivity index (χ4n) is 4.59. The monoisotopic (exact) mass is 401 g/mol. The first kappa shape index (κ1) is 18.7. The Morgan fingerprint density at radius 3 is 2.13 bits per heavy atom. The lowest BCUT2D eigenvalue weighted by Gasteiger charge is -2.29. The van der Waals surface area contributed by atoms with Crippen LogP contribution in [0.25, 0.3) is 0 Å². The molecule has 1 N–H and O–H groups in total. The maximum atomic E-state index is 12.1. The van der Waals surface area contributed by atoms with Gasteiger partial charge in [0.1, 0.15) is 22.9 Å². The molecule has 1 atom stereocenters. The third kappa shape index (κ3) is 2.85. The number of hydrogen-bond donors (Lipinski definition) is 1. The molecule has 5 heteroatoms. The lowest BCUT2D eigenvalue weighted by atomic mass is 10.0. The molecule has 0 saturated carbocycles. The van der Waals surface area contributed by atoms with E-state index in [2.05, 4.69) is 33.7 Å². The molecule has 2 heterocycles. The van der Waals surface area contributed by atoms with Gasteiger partial charge in [-0.1, -0.05) is 18.2 Å². The van der Waals surface area contributed by atoms with Crippen molar-refractivity contribution in [3.05, 3.63) is 83.9 Å². The van der Waals surface area contributed by atoms with Gasteiger partial charge in [0.2, 0.25) is 0 Å². The number of hydrogen-bond acceptors (Lipinski definition) is 4. The second-order valence-corrected chi connectivity index (χ2v) is 7.71. The third-order valence-corrected chi connectivity index (χ3v) is 6.10. The molecule has 3 aromatic rings. The summed E-state index contributed by atoms with van der Waals surface area (Å²) in [6.07, 6.45) is 1.81. The summed E-state index contributed by atoms with van der Waals surface area (Å²) in [6.45, 7) is 0.456. The summed E-state index contributed by atoms with van der Waals surface area (Å²) >= 11 is 0. The van der Waals surface area contributed by atoms with E-state index < -0.39 is 5.72 Å². The number of rotatable bonds is 4. The average Bonchev–Trinajstić information content (AvgIpc) is 3.12. The maximum Gasteiger partial charge on any atom is 0.275 e. The molecule has 0 aromatic heterocycles. The number of anilines is 1. The first-order valence-electron chi connectivity index (χ1n) is 10.2. The normalized spacial score (nSPS) is 20.0. The highest BCUT2D eigenvalue weighted by Crippen LogP contribution is 2.42. The third-order valence-electron chi connectivity index (χ3n) is 6.10. The molecule has 152 valence electrons. The van der Waals surface area contributed by atoms with E-state index in [0.29, 0.717) is 6.54 Å². The molecule has 0 aliphatic carbocycles. The molecule has 30 heavy (non-hydrogen) atoms. The number of para-hydroxylation sites is 1. The highest BCUT2D eigenvalue weighted by Gasteiger charge is 2.55. The highest BCUT2D eigenvalue weighted by atomic mass is 16.5. The quantitative estimate of drug-likeness (QED) is 0.670. The molecule has 5 rings (SSSR count). The van der Waals surface area contributed by atoms with Crippen LogP contribution in [0.4, 0.5) is 11.4 Å². The van der Waals surface area contributed by atoms with Gasteiger partial charge in [0.15, 0.2) is 6.54 Å². The summed E-state index contributed by atoms with van der Waals surface area (Å²) in [6, 6.07) is 24.0. The lowest BCUT2D eigenvalue weighted by Crippen LogP contribution is -2.47. The van der Waals surface area contributed by atoms with Gasteiger partial charge in [-0.3, -0.25) is 0 Å². The van der Waals surface area contributed by atoms with Gasteiger partial charge in [0, 0.05) is 5.56 Å². The minimum absolute atomic E-state index is 0.456. The molecular weight excluding hydrogens is 376 g/mol. The number of methoxy groups -OCH3 is 2. The van der Waals surface area contributed by atoms with Crippen molar-refractivity contribution in [2.75, 3.05) is 25.7 Å². The summed E-state index contributed by atoms with van der Waals surface area (Å²) < 4.78 is 12.9. The van der Waals surface area contributed by atoms with E-state index in [1.807, 2.05) is 48.5 Å². The van der Waals surface area contributed by atoms with E-state index in [0.717, 1.165) is 41.4 Å². The number of benzene rings is 3. The van der Waals surface area contributed by atoms with E-state index in [-0.39, 0.29) is 0 Å². The zero-order valence-corrected chi connectivity index (χ0v) is 17.2. The van der Waals surface area contributed by atoms with E-state index in [4.69, 9.17) is 9.47 Å². The van der Waals surface area contributed by atoms with Crippen molar-refractivity contribution in [3.8, 4) is 11.5 Å². The molecule has 0 radical (unpaired) electrons. The first-order chi connectivity index (χ1) is 14.6. The molecule has 5 nitrogen and oxygen atoms in total. The van der Waals surface area contributed by atoms with Crippen LogP contribution < -0.4 is 14.4 Å². The van der Waals surface area contributed by atoms with Crippen LogP contribution in [-0.2, 0) is 12.1 Å². The van der Waals surface area contributed by atoms with Crippen LogP contribution in [0.3, 0.4) is 0 Å². The van der Waals surface area contributed by atoms with Crippen molar-refractivity contribution in [3.63, 3.8) is 0 Å². The lowest BCUT2D eigenvalue weighted by molar-refractivity contribution is -0.453. The van der Waals surface area contributed by atoms with Crippen molar-refractivity contribution in [2.45, 2.75) is 18.6 Å². The highest BCUT2D eigenvalue weighted by molar-refractivity contribution is 5.98. The van der Waals surface area contributed by atoms with Crippen LogP contribution in [-0.4, -0.2) is 36.3 Å². The zero-order valence-electron chi connectivity index (χ0n) is 17.2. The summed E-state index contributed by atoms with van der Waals surface area (Å²) in [5.74, 6) is 2.67. The Balaban J connectivity index is 1.66. The Labute approximate surface area is 176 Å². The van der Waals surface area contributed by atoms with Crippen LogP contribution in [0.15, 0.2) is 72.8 Å². The van der Waals surface area contributed by atoms with Crippen molar-refractivity contribution < 1.29 is 19.2 Å². The average molecular weight is 401 g/mol. The van der Waals surface area contributed by atoms with Crippen LogP contribution in [0, 0.1) is 0 Å². The first-order valence-corrected chi connectivity index (χ1v) is 10.2. The molecule has 0 spiro atoms. The molecular formula is C25H25N2O3+. The minimum atomic E-state index is -1.20. The van der Waals surface area contributed by atoms with Gasteiger partial charge < -0.3 is 14.6 Å². The van der Waals surface area contributed by atoms with E-state index in [9.17, 15) is 5.11 Å². The summed E-state index contributed by atoms with van der Waals surface area (Å²) in [7, 11) is 3.31. The predicted molar refractivity (Wildman–Crippen MR) is 117 cm³/mol. The van der Waals surface area contributed by atoms with Gasteiger partial charge in [0.05, 0.1) is 20.6 Å². The number of ether oxygens (including phenoxy) is 2. The van der Waals surface area contributed by atoms with Gasteiger partial charge in [0.25, 0.3) is 11.6 Å². The van der Waals surface area contributed by atoms with E-state index in [1.54, 1.807) is 14.2 Å². The van der Waals surface area contributed by atoms with Crippen LogP contribution in [0.2, 0.25) is 0 Å². The molecule has 2 aliphatic heterocycles. The van der Waals surface area contributed by atoms with Crippen molar-refractivity contribution in [1.29, 1.82) is 0 Å². The van der Waals surface area contributed by atoms with Gasteiger partial charge >= 0.3 is 0 Å². The smallest absolute Gasteiger partial charge is 0.275 e. The number of nitrogens with zero attached hydrogens (tertiary/aromatic N) is 2. The van der Waals surface area contributed by atoms with Gasteiger partial charge in [-0.25, -0.2) is 4.58 Å². The SMILES string of the molecule is COc1ccc(N2C3=[N+](C[C@@]2(O)c2ccc(OC)cc2)c2ccccc2CC3)cc1. The van der Waals surface area contributed by atoms with Crippen molar-refractivity contribution in [1.82, 2.24) is 0 Å². The Bertz CT molecular complexity index is 1110. The van der Waals surface area contributed by atoms with Crippen molar-refractivity contribution in [2.24, 2.45) is 0 Å². The standard InChI is InChI=1S/C25H25N2O3/c1-29-21-12-8-19(9-13-21)25(28)17-26-23-6-4-3-5-18(23)7-16-24(26)27(25)20-10-14-22(30-2)15-11-20/h3-6,8-15,28H,7,16-17H2,1-2H3/q+1/t25-/m1/s1. The molecule has 0 bridgehead atoms. The minimum Gasteiger partial charge on any atom is -0.497 e. The summed E-state index contributed by atoms with van der Waals surface area (Å²) in [5, 5.41) is 12.1. The fraction of sp³-hybridized carbons (Fsp3) is 0.240. The Morgan fingerprint density at radius 2 is 1.47 bits per heavy atom. The molecule has 2 aliphatic rings. The predicted octanol–water partition coefficient (Wildman–Crippen LogP) is 4.06. The molecule has 0 saturated heterocycles. The Hall–Kier alpha value is -3.31. The van der Waals surface area contributed by atoms with Crippen LogP contribution >= 0.6 is 0 Å². The molecule has 0 unspecified atom stereocenters. The number of amidine groups is 1. The maximum absolute atomic E-state index is 12.1. The van der Waals surface area contributed by atoms with Gasteiger partial charge in [-0.05, 0) is 66.6 Å². The second kappa shape index (κ2) is 7.18. The zero-order chi connectivity index (χ0) is 20.7. The second-order valence-electron chi connectivity index (χ2n) is 7.71. The number of aryl methyl sites for hydroxylation is 1. The van der Waals surface area contributed by atoms with Gasteiger partial charge in [-0.15, -0.1) is 0 Å². The number of aliphatic hydroxyl groups is 1. The molecule has 0 amide bonds. The summed E-state index contributed by atoms with van der Waals surface area (Å²) in [5.41, 5.74) is 3.05. The van der Waals surface area contributed by atoms with E-state index >= 15 is 0 Å². The van der Waals surface area contributed by atoms with Crippen molar-refractivity contribution >= 4 is 17.2 Å². The summed E-state index contributed by atoms with van der Waals surface area (Å²) in [4.78, 5) is 2.07. The van der Waals surface area contributed by atoms with E-state index in [1.165, 1.54) is 11.3 Å². The number of fused-ring (bicyclic) bond motifs is 2. The fourth-order valence-corrected chi connectivity index (χ4v) is 4.59. The Morgan fingerprint density at radius 1 is 0.833 bits per heavy atom.